The van der Waals surface area contributed by atoms with Gasteiger partial charge >= 0.3 is 5.97 Å². The number of ether oxygens (including phenoxy) is 3. The van der Waals surface area contributed by atoms with Crippen molar-refractivity contribution in [1.82, 2.24) is 10.2 Å². The molecule has 1 aliphatic heterocycles. The second kappa shape index (κ2) is 16.6. The Hall–Kier alpha value is -4.10. The van der Waals surface area contributed by atoms with Crippen LogP contribution in [0, 0.1) is 5.92 Å². The lowest BCUT2D eigenvalue weighted by molar-refractivity contribution is -0.151. The highest BCUT2D eigenvalue weighted by Gasteiger charge is 2.34. The van der Waals surface area contributed by atoms with Crippen LogP contribution in [0.25, 0.3) is 5.57 Å². The fourth-order valence-corrected chi connectivity index (χ4v) is 6.51. The largest absolute Gasteiger partial charge is 0.488 e. The summed E-state index contributed by atoms with van der Waals surface area (Å²) in [6.45, 7) is 12.2. The second-order valence-corrected chi connectivity index (χ2v) is 13.4. The van der Waals surface area contributed by atoms with Gasteiger partial charge < -0.3 is 24.4 Å². The first-order valence-corrected chi connectivity index (χ1v) is 17.2. The summed E-state index contributed by atoms with van der Waals surface area (Å²) in [6, 6.07) is 23.2. The maximum Gasteiger partial charge on any atom is 0.323 e. The Morgan fingerprint density at radius 1 is 0.851 bits per heavy atom. The topological polar surface area (TPSA) is 77.1 Å². The van der Waals surface area contributed by atoms with Gasteiger partial charge in [-0.25, -0.2) is 0 Å². The summed E-state index contributed by atoms with van der Waals surface area (Å²) in [5, 5.41) is 3.50. The zero-order valence-electron chi connectivity index (χ0n) is 28.2. The number of carbonyl (C=O) groups is 2. The number of nitrogens with one attached hydrogen (secondary N) is 1. The van der Waals surface area contributed by atoms with E-state index in [1.807, 2.05) is 84.6 Å². The molecule has 250 valence electrons. The van der Waals surface area contributed by atoms with Crippen LogP contribution in [0.3, 0.4) is 0 Å². The van der Waals surface area contributed by atoms with E-state index < -0.39 is 6.04 Å². The van der Waals surface area contributed by atoms with E-state index in [1.54, 1.807) is 0 Å². The highest BCUT2D eigenvalue weighted by molar-refractivity contribution is 5.98. The van der Waals surface area contributed by atoms with Crippen LogP contribution >= 0.6 is 0 Å². The molecule has 1 amide bonds. The molecule has 1 aliphatic carbocycles. The average molecular weight is 639 g/mol. The van der Waals surface area contributed by atoms with E-state index >= 15 is 0 Å². The highest BCUT2D eigenvalue weighted by Crippen LogP contribution is 2.36. The molecular weight excluding hydrogens is 588 g/mol. The van der Waals surface area contributed by atoms with Gasteiger partial charge in [-0.05, 0) is 80.6 Å². The minimum absolute atomic E-state index is 0.0278. The molecular formula is C40H50N2O5. The van der Waals surface area contributed by atoms with Crippen LogP contribution in [0.2, 0.25) is 0 Å². The Bertz CT molecular complexity index is 1480. The molecule has 1 N–H and O–H groups in total. The number of benzene rings is 3. The molecule has 2 aliphatic rings. The van der Waals surface area contributed by atoms with Crippen LogP contribution in [0.4, 0.5) is 0 Å². The predicted octanol–water partition coefficient (Wildman–Crippen LogP) is 7.97. The number of nitrogens with zero attached hydrogens (tertiary/aromatic N) is 1. The first-order chi connectivity index (χ1) is 22.8. The third-order valence-corrected chi connectivity index (χ3v) is 9.06. The van der Waals surface area contributed by atoms with Crippen LogP contribution < -0.4 is 14.8 Å². The molecule has 0 spiro atoms. The van der Waals surface area contributed by atoms with Gasteiger partial charge in [0.25, 0.3) is 5.91 Å². The molecule has 5 rings (SSSR count). The number of allylic oxidation sites excluding steroid dienone is 1. The zero-order valence-corrected chi connectivity index (χ0v) is 28.2. The van der Waals surface area contributed by atoms with E-state index in [0.29, 0.717) is 55.7 Å². The van der Waals surface area contributed by atoms with Gasteiger partial charge in [0.05, 0.1) is 5.56 Å². The van der Waals surface area contributed by atoms with Crippen molar-refractivity contribution in [3.8, 4) is 11.5 Å². The van der Waals surface area contributed by atoms with E-state index in [1.165, 1.54) is 0 Å². The standard InChI is InChI=1S/C40H50N2O5/c1-28(2)22-36(40(44)47-33-19-11-12-20-33)41-25-32-18-13-21-42(32)39(43)35-23-34(29(3)4)37(45-26-30-14-7-5-8-15-30)24-38(35)46-27-31-16-9-6-10-17-31/h5-10,14-17,23-24,28,32-33,36,41H,3,11-13,18-22,25-27H2,1-2,4H3/t32?,36-/m0/s1. The lowest BCUT2D eigenvalue weighted by Crippen LogP contribution is -2.48. The van der Waals surface area contributed by atoms with Gasteiger partial charge in [0.1, 0.15) is 36.9 Å². The van der Waals surface area contributed by atoms with Gasteiger partial charge in [-0.3, -0.25) is 9.59 Å². The van der Waals surface area contributed by atoms with Crippen molar-refractivity contribution in [3.63, 3.8) is 0 Å². The Morgan fingerprint density at radius 2 is 1.45 bits per heavy atom. The van der Waals surface area contributed by atoms with Gasteiger partial charge in [0.15, 0.2) is 0 Å². The predicted molar refractivity (Wildman–Crippen MR) is 186 cm³/mol. The molecule has 1 saturated carbocycles. The van der Waals surface area contributed by atoms with Gasteiger partial charge in [0, 0.05) is 30.8 Å². The van der Waals surface area contributed by atoms with E-state index in [4.69, 9.17) is 14.2 Å². The maximum atomic E-state index is 14.4. The quantitative estimate of drug-likeness (QED) is 0.170. The molecule has 0 bridgehead atoms. The first-order valence-electron chi connectivity index (χ1n) is 17.2. The molecule has 7 nitrogen and oxygen atoms in total. The van der Waals surface area contributed by atoms with Crippen LogP contribution in [-0.4, -0.2) is 48.1 Å². The van der Waals surface area contributed by atoms with Crippen molar-refractivity contribution in [2.75, 3.05) is 13.1 Å². The van der Waals surface area contributed by atoms with Crippen LogP contribution in [0.15, 0.2) is 79.4 Å². The summed E-state index contributed by atoms with van der Waals surface area (Å²) >= 11 is 0. The van der Waals surface area contributed by atoms with Crippen molar-refractivity contribution in [2.45, 2.75) is 97.1 Å². The third kappa shape index (κ3) is 9.48. The monoisotopic (exact) mass is 638 g/mol. The molecule has 1 unspecified atom stereocenters. The fraction of sp³-hybridized carbons (Fsp3) is 0.450. The maximum absolute atomic E-state index is 14.4. The van der Waals surface area contributed by atoms with E-state index in [9.17, 15) is 9.59 Å². The lowest BCUT2D eigenvalue weighted by Gasteiger charge is -2.29. The molecule has 1 heterocycles. The second-order valence-electron chi connectivity index (χ2n) is 13.4. The minimum atomic E-state index is -0.394. The summed E-state index contributed by atoms with van der Waals surface area (Å²) in [5.41, 5.74) is 4.11. The van der Waals surface area contributed by atoms with E-state index in [0.717, 1.165) is 60.8 Å². The molecule has 0 radical (unpaired) electrons. The Labute approximate surface area is 280 Å². The van der Waals surface area contributed by atoms with Crippen molar-refractivity contribution in [3.05, 3.63) is 102 Å². The van der Waals surface area contributed by atoms with Crippen molar-refractivity contribution in [2.24, 2.45) is 5.92 Å². The number of likely N-dealkylation sites (tertiary alicyclic amines) is 1. The van der Waals surface area contributed by atoms with Gasteiger partial charge in [-0.1, -0.05) is 81.1 Å². The van der Waals surface area contributed by atoms with Gasteiger partial charge in [0.2, 0.25) is 0 Å². The summed E-state index contributed by atoms with van der Waals surface area (Å²) in [6.07, 6.45) is 6.59. The van der Waals surface area contributed by atoms with E-state index in [2.05, 4.69) is 25.7 Å². The summed E-state index contributed by atoms with van der Waals surface area (Å²) in [4.78, 5) is 29.5. The number of hydrogen-bond acceptors (Lipinski definition) is 6. The third-order valence-electron chi connectivity index (χ3n) is 9.06. The molecule has 3 aromatic carbocycles. The number of amides is 1. The zero-order chi connectivity index (χ0) is 33.2. The Morgan fingerprint density at radius 3 is 2.02 bits per heavy atom. The Kier molecular flexibility index (Phi) is 12.1. The Balaban J connectivity index is 1.36. The molecule has 3 aromatic rings. The SMILES string of the molecule is C=C(C)c1cc(C(=O)N2CCCC2CN[C@@H](CC(C)C)C(=O)OC2CCCC2)c(OCc2ccccc2)cc1OCc1ccccc1. The molecule has 1 saturated heterocycles. The molecule has 2 fully saturated rings. The lowest BCUT2D eigenvalue weighted by atomic mass is 10.0. The number of hydrogen-bond donors (Lipinski definition) is 1. The average Bonchev–Trinajstić information content (AvgIpc) is 3.77. The molecule has 0 aromatic heterocycles. The minimum Gasteiger partial charge on any atom is -0.488 e. The van der Waals surface area contributed by atoms with Crippen molar-refractivity contribution < 1.29 is 23.8 Å². The number of esters is 1. The summed E-state index contributed by atoms with van der Waals surface area (Å²) in [7, 11) is 0. The van der Waals surface area contributed by atoms with Crippen molar-refractivity contribution >= 4 is 17.4 Å². The van der Waals surface area contributed by atoms with Crippen LogP contribution in [0.5, 0.6) is 11.5 Å². The fourth-order valence-electron chi connectivity index (χ4n) is 6.51. The van der Waals surface area contributed by atoms with Crippen LogP contribution in [-0.2, 0) is 22.7 Å². The van der Waals surface area contributed by atoms with Gasteiger partial charge in [-0.2, -0.15) is 0 Å². The number of rotatable bonds is 15. The number of carbonyl (C=O) groups excluding carboxylic acids is 2. The smallest absolute Gasteiger partial charge is 0.323 e. The molecule has 2 atom stereocenters. The first kappa shape index (κ1) is 34.2. The molecule has 47 heavy (non-hydrogen) atoms. The van der Waals surface area contributed by atoms with Crippen LogP contribution in [0.1, 0.15) is 92.8 Å². The summed E-state index contributed by atoms with van der Waals surface area (Å²) < 4.78 is 18.6. The molecule has 7 heteroatoms. The van der Waals surface area contributed by atoms with Gasteiger partial charge in [-0.15, -0.1) is 0 Å². The van der Waals surface area contributed by atoms with E-state index in [-0.39, 0.29) is 24.0 Å². The highest BCUT2D eigenvalue weighted by atomic mass is 16.5. The summed E-state index contributed by atoms with van der Waals surface area (Å²) in [5.74, 6) is 1.16. The van der Waals surface area contributed by atoms with Crippen molar-refractivity contribution in [1.29, 1.82) is 0 Å². The normalized spacial score (nSPS) is 17.1.